The first-order chi connectivity index (χ1) is 9.15. The van der Waals surface area contributed by atoms with Gasteiger partial charge in [0.15, 0.2) is 5.82 Å². The second-order valence-electron chi connectivity index (χ2n) is 4.51. The van der Waals surface area contributed by atoms with E-state index in [2.05, 4.69) is 15.4 Å². The molecule has 1 aromatic carbocycles. The Morgan fingerprint density at radius 1 is 1.16 bits per heavy atom. The first-order valence-corrected chi connectivity index (χ1v) is 6.01. The number of anilines is 2. The Balaban J connectivity index is 2.03. The lowest BCUT2D eigenvalue weighted by Crippen LogP contribution is -2.00. The van der Waals surface area contributed by atoms with Crippen LogP contribution in [-0.4, -0.2) is 19.7 Å². The van der Waals surface area contributed by atoms with Crippen LogP contribution in [0.25, 0.3) is 5.52 Å². The molecule has 0 bridgehead atoms. The first-order valence-electron chi connectivity index (χ1n) is 6.01. The van der Waals surface area contributed by atoms with Crippen molar-refractivity contribution in [1.29, 1.82) is 0 Å². The van der Waals surface area contributed by atoms with Crippen LogP contribution in [0.5, 0.6) is 5.75 Å². The molecule has 0 aliphatic heterocycles. The number of aromatic nitrogens is 3. The summed E-state index contributed by atoms with van der Waals surface area (Å²) >= 11 is 0. The molecule has 3 aromatic rings. The number of nitrogens with zero attached hydrogens (tertiary/aromatic N) is 3. The molecule has 2 aromatic heterocycles. The largest absolute Gasteiger partial charge is 0.508 e. The van der Waals surface area contributed by atoms with Gasteiger partial charge < -0.3 is 10.4 Å². The number of hydrogen-bond donors (Lipinski definition) is 2. The van der Waals surface area contributed by atoms with Gasteiger partial charge in [0, 0.05) is 17.4 Å². The molecule has 0 saturated heterocycles. The van der Waals surface area contributed by atoms with Gasteiger partial charge in [-0.3, -0.25) is 0 Å². The van der Waals surface area contributed by atoms with Crippen LogP contribution in [0.1, 0.15) is 11.3 Å². The van der Waals surface area contributed by atoms with Crippen LogP contribution in [0.15, 0.2) is 36.7 Å². The summed E-state index contributed by atoms with van der Waals surface area (Å²) in [5.41, 5.74) is 3.59. The molecule has 96 valence electrons. The minimum atomic E-state index is 0.265. The molecule has 0 atom stereocenters. The van der Waals surface area contributed by atoms with E-state index < -0.39 is 0 Å². The monoisotopic (exact) mass is 254 g/mol. The summed E-state index contributed by atoms with van der Waals surface area (Å²) in [6, 6.07) is 9.40. The van der Waals surface area contributed by atoms with Crippen LogP contribution < -0.4 is 5.32 Å². The Labute approximate surface area is 110 Å². The molecule has 0 spiro atoms. The minimum absolute atomic E-state index is 0.265. The van der Waals surface area contributed by atoms with Gasteiger partial charge in [0.2, 0.25) is 0 Å². The van der Waals surface area contributed by atoms with Gasteiger partial charge in [-0.1, -0.05) is 6.07 Å². The number of hydrogen-bond acceptors (Lipinski definition) is 4. The number of phenolic OH excluding ortho intramolecular Hbond substituents is 1. The van der Waals surface area contributed by atoms with Crippen LogP contribution in [0.4, 0.5) is 11.5 Å². The Morgan fingerprint density at radius 3 is 2.79 bits per heavy atom. The number of aryl methyl sites for hydroxylation is 2. The van der Waals surface area contributed by atoms with Crippen molar-refractivity contribution >= 4 is 17.0 Å². The van der Waals surface area contributed by atoms with Gasteiger partial charge in [0.05, 0.1) is 0 Å². The highest BCUT2D eigenvalue weighted by atomic mass is 16.3. The molecule has 5 nitrogen and oxygen atoms in total. The van der Waals surface area contributed by atoms with Crippen molar-refractivity contribution in [2.75, 3.05) is 5.32 Å². The molecule has 19 heavy (non-hydrogen) atoms. The molecule has 0 unspecified atom stereocenters. The molecule has 0 amide bonds. The Kier molecular flexibility index (Phi) is 2.59. The van der Waals surface area contributed by atoms with Crippen molar-refractivity contribution in [2.45, 2.75) is 13.8 Å². The van der Waals surface area contributed by atoms with E-state index in [0.717, 1.165) is 22.5 Å². The molecule has 0 aliphatic carbocycles. The zero-order valence-corrected chi connectivity index (χ0v) is 10.8. The third-order valence-corrected chi connectivity index (χ3v) is 3.11. The highest BCUT2D eigenvalue weighted by molar-refractivity contribution is 5.74. The maximum Gasteiger partial charge on any atom is 0.158 e. The third-order valence-electron chi connectivity index (χ3n) is 3.11. The zero-order chi connectivity index (χ0) is 13.4. The summed E-state index contributed by atoms with van der Waals surface area (Å²) in [4.78, 5) is 4.24. The standard InChI is InChI=1S/C14H14N4O/c1-9-3-5-11(7-13(9)19)17-14-12-6-4-10(2)18(12)16-8-15-14/h3-8,19H,1-2H3,(H,15,16,17). The molecule has 0 saturated carbocycles. The van der Waals surface area contributed by atoms with Crippen molar-refractivity contribution < 1.29 is 5.11 Å². The van der Waals surface area contributed by atoms with Gasteiger partial charge in [0.25, 0.3) is 0 Å². The highest BCUT2D eigenvalue weighted by Crippen LogP contribution is 2.25. The zero-order valence-electron chi connectivity index (χ0n) is 10.8. The minimum Gasteiger partial charge on any atom is -0.508 e. The third kappa shape index (κ3) is 1.99. The maximum absolute atomic E-state index is 9.72. The highest BCUT2D eigenvalue weighted by Gasteiger charge is 2.06. The SMILES string of the molecule is Cc1ccc(Nc2ncnn3c(C)ccc23)cc1O. The molecule has 2 heterocycles. The Bertz CT molecular complexity index is 748. The lowest BCUT2D eigenvalue weighted by Gasteiger charge is -2.08. The summed E-state index contributed by atoms with van der Waals surface area (Å²) in [6.07, 6.45) is 1.51. The second kappa shape index (κ2) is 4.28. The van der Waals surface area contributed by atoms with E-state index >= 15 is 0 Å². The van der Waals surface area contributed by atoms with Gasteiger partial charge in [-0.15, -0.1) is 0 Å². The van der Waals surface area contributed by atoms with Crippen molar-refractivity contribution in [3.8, 4) is 5.75 Å². The number of phenols is 1. The van der Waals surface area contributed by atoms with E-state index in [9.17, 15) is 5.11 Å². The average molecular weight is 254 g/mol. The normalized spacial score (nSPS) is 10.8. The lowest BCUT2D eigenvalue weighted by molar-refractivity contribution is 0.471. The first kappa shape index (κ1) is 11.5. The van der Waals surface area contributed by atoms with E-state index in [1.807, 2.05) is 42.6 Å². The summed E-state index contributed by atoms with van der Waals surface area (Å²) in [7, 11) is 0. The van der Waals surface area contributed by atoms with Crippen LogP contribution >= 0.6 is 0 Å². The van der Waals surface area contributed by atoms with Gasteiger partial charge in [0.1, 0.15) is 17.6 Å². The van der Waals surface area contributed by atoms with Gasteiger partial charge in [-0.25, -0.2) is 9.50 Å². The fourth-order valence-corrected chi connectivity index (χ4v) is 1.98. The van der Waals surface area contributed by atoms with Gasteiger partial charge in [-0.05, 0) is 37.6 Å². The van der Waals surface area contributed by atoms with Crippen molar-refractivity contribution in [1.82, 2.24) is 14.6 Å². The predicted molar refractivity (Wildman–Crippen MR) is 73.9 cm³/mol. The van der Waals surface area contributed by atoms with Crippen LogP contribution in [0.2, 0.25) is 0 Å². The van der Waals surface area contributed by atoms with E-state index in [-0.39, 0.29) is 5.75 Å². The van der Waals surface area contributed by atoms with Crippen LogP contribution in [0, 0.1) is 13.8 Å². The number of nitrogens with one attached hydrogen (secondary N) is 1. The molecule has 0 aliphatic rings. The molecule has 0 radical (unpaired) electrons. The summed E-state index contributed by atoms with van der Waals surface area (Å²) in [5, 5.41) is 17.1. The van der Waals surface area contributed by atoms with Crippen molar-refractivity contribution in [2.24, 2.45) is 0 Å². The summed E-state index contributed by atoms with van der Waals surface area (Å²) < 4.78 is 1.82. The lowest BCUT2D eigenvalue weighted by atomic mass is 10.2. The molecular weight excluding hydrogens is 240 g/mol. The average Bonchev–Trinajstić information content (AvgIpc) is 2.77. The Hall–Kier alpha value is -2.56. The smallest absolute Gasteiger partial charge is 0.158 e. The van der Waals surface area contributed by atoms with E-state index in [4.69, 9.17) is 0 Å². The van der Waals surface area contributed by atoms with Crippen molar-refractivity contribution in [3.63, 3.8) is 0 Å². The van der Waals surface area contributed by atoms with Gasteiger partial charge >= 0.3 is 0 Å². The van der Waals surface area contributed by atoms with Gasteiger partial charge in [-0.2, -0.15) is 5.10 Å². The fraction of sp³-hybridized carbons (Fsp3) is 0.143. The van der Waals surface area contributed by atoms with E-state index in [0.29, 0.717) is 5.82 Å². The van der Waals surface area contributed by atoms with E-state index in [1.165, 1.54) is 6.33 Å². The number of benzene rings is 1. The van der Waals surface area contributed by atoms with E-state index in [1.54, 1.807) is 6.07 Å². The molecule has 2 N–H and O–H groups in total. The molecule has 3 rings (SSSR count). The maximum atomic E-state index is 9.72. The number of rotatable bonds is 2. The van der Waals surface area contributed by atoms with Crippen molar-refractivity contribution in [3.05, 3.63) is 47.9 Å². The Morgan fingerprint density at radius 2 is 2.00 bits per heavy atom. The van der Waals surface area contributed by atoms with Crippen LogP contribution in [-0.2, 0) is 0 Å². The number of aromatic hydroxyl groups is 1. The quantitative estimate of drug-likeness (QED) is 0.738. The summed E-state index contributed by atoms with van der Waals surface area (Å²) in [5.74, 6) is 0.980. The predicted octanol–water partition coefficient (Wildman–Crippen LogP) is 2.80. The molecule has 0 fully saturated rings. The fourth-order valence-electron chi connectivity index (χ4n) is 1.98. The molecular formula is C14H14N4O. The second-order valence-corrected chi connectivity index (χ2v) is 4.51. The van der Waals surface area contributed by atoms with Crippen LogP contribution in [0.3, 0.4) is 0 Å². The number of fused-ring (bicyclic) bond motifs is 1. The summed E-state index contributed by atoms with van der Waals surface area (Å²) in [6.45, 7) is 3.85. The topological polar surface area (TPSA) is 62.5 Å². The molecule has 5 heteroatoms.